The summed E-state index contributed by atoms with van der Waals surface area (Å²) in [5.74, 6) is -0.546. The summed E-state index contributed by atoms with van der Waals surface area (Å²) in [7, 11) is 1.90. The summed E-state index contributed by atoms with van der Waals surface area (Å²) in [5, 5.41) is 6.29. The minimum absolute atomic E-state index is 0.000899. The normalized spacial score (nSPS) is 11.3. The molecule has 0 aliphatic carbocycles. The lowest BCUT2D eigenvalue weighted by Crippen LogP contribution is -1.99. The molecule has 0 spiro atoms. The van der Waals surface area contributed by atoms with Crippen LogP contribution in [0.3, 0.4) is 0 Å². The van der Waals surface area contributed by atoms with Crippen molar-refractivity contribution in [3.8, 4) is 22.4 Å². The van der Waals surface area contributed by atoms with Crippen LogP contribution in [0.5, 0.6) is 0 Å². The molecule has 0 saturated heterocycles. The van der Waals surface area contributed by atoms with Crippen molar-refractivity contribution in [1.82, 2.24) is 29.3 Å². The highest BCUT2D eigenvalue weighted by Gasteiger charge is 2.18. The summed E-state index contributed by atoms with van der Waals surface area (Å²) in [6.45, 7) is 7.80. The van der Waals surface area contributed by atoms with Gasteiger partial charge in [0.2, 0.25) is 5.69 Å². The number of fused-ring (bicyclic) bond motifs is 2. The maximum absolute atomic E-state index is 14.7. The molecule has 0 unspecified atom stereocenters. The first-order valence-electron chi connectivity index (χ1n) is 10.7. The van der Waals surface area contributed by atoms with Crippen LogP contribution in [0.4, 0.5) is 10.1 Å². The van der Waals surface area contributed by atoms with Gasteiger partial charge in [-0.1, -0.05) is 18.2 Å². The molecule has 8 heteroatoms. The van der Waals surface area contributed by atoms with E-state index >= 15 is 0 Å². The minimum atomic E-state index is -0.546. The molecule has 1 N–H and O–H groups in total. The Hall–Kier alpha value is -4.77. The van der Waals surface area contributed by atoms with Gasteiger partial charge in [0, 0.05) is 41.3 Å². The fourth-order valence-electron chi connectivity index (χ4n) is 4.43. The van der Waals surface area contributed by atoms with E-state index in [2.05, 4.69) is 24.5 Å². The van der Waals surface area contributed by atoms with Crippen LogP contribution in [-0.2, 0) is 13.6 Å². The second kappa shape index (κ2) is 7.67. The third-order valence-electron chi connectivity index (χ3n) is 6.10. The summed E-state index contributed by atoms with van der Waals surface area (Å²) in [6.07, 6.45) is 9.10. The molecule has 0 atom stereocenters. The van der Waals surface area contributed by atoms with E-state index in [4.69, 9.17) is 11.6 Å². The number of aryl methyl sites for hydroxylation is 1. The van der Waals surface area contributed by atoms with E-state index in [-0.39, 0.29) is 5.69 Å². The zero-order valence-electron chi connectivity index (χ0n) is 18.2. The minimum Gasteiger partial charge on any atom is -0.347 e. The van der Waals surface area contributed by atoms with Crippen molar-refractivity contribution in [3.05, 3.63) is 96.5 Å². The number of H-pyrrole nitrogens is 1. The second-order valence-corrected chi connectivity index (χ2v) is 8.12. The molecular weight excluding hydrogens is 429 g/mol. The molecule has 0 aliphatic rings. The molecule has 0 radical (unpaired) electrons. The summed E-state index contributed by atoms with van der Waals surface area (Å²) in [6, 6.07) is 12.8. The third kappa shape index (κ3) is 3.14. The van der Waals surface area contributed by atoms with Crippen LogP contribution in [0, 0.1) is 12.4 Å². The van der Waals surface area contributed by atoms with Gasteiger partial charge in [-0.25, -0.2) is 14.2 Å². The topological polar surface area (TPSA) is 68.7 Å². The van der Waals surface area contributed by atoms with E-state index < -0.39 is 5.82 Å². The van der Waals surface area contributed by atoms with Crippen molar-refractivity contribution in [2.45, 2.75) is 6.54 Å². The Morgan fingerprint density at radius 2 is 1.91 bits per heavy atom. The van der Waals surface area contributed by atoms with Crippen molar-refractivity contribution in [3.63, 3.8) is 0 Å². The van der Waals surface area contributed by atoms with Gasteiger partial charge in [0.1, 0.15) is 5.82 Å². The van der Waals surface area contributed by atoms with Gasteiger partial charge < -0.3 is 9.55 Å². The monoisotopic (exact) mass is 447 g/mol. The maximum atomic E-state index is 14.7. The molecule has 164 valence electrons. The first-order chi connectivity index (χ1) is 16.6. The number of benzene rings is 2. The van der Waals surface area contributed by atoms with E-state index in [0.717, 1.165) is 44.3 Å². The molecule has 6 rings (SSSR count). The Bertz CT molecular complexity index is 1720. The van der Waals surface area contributed by atoms with Crippen LogP contribution in [-0.4, -0.2) is 29.3 Å². The van der Waals surface area contributed by atoms with Crippen LogP contribution in [0.15, 0.2) is 73.6 Å². The Balaban J connectivity index is 1.60. The van der Waals surface area contributed by atoms with Gasteiger partial charge in [-0.15, -0.1) is 0 Å². The summed E-state index contributed by atoms with van der Waals surface area (Å²) in [5.41, 5.74) is 6.05. The molecule has 0 amide bonds. The number of nitrogens with zero attached hydrogens (tertiary/aromatic N) is 6. The first-order valence-corrected chi connectivity index (χ1v) is 10.7. The van der Waals surface area contributed by atoms with E-state index in [1.54, 1.807) is 18.6 Å². The predicted octanol–water partition coefficient (Wildman–Crippen LogP) is 5.72. The van der Waals surface area contributed by atoms with Crippen molar-refractivity contribution in [1.29, 1.82) is 0 Å². The number of aromatic nitrogens is 6. The standard InChI is InChI=1S/C26H18FN7/c1-28-22-5-3-16(10-21(22)27)25-20-7-8-34(14-19-12-29-15-31-19)24(20)13-30-26(25)17-4-6-23-18(9-17)11-32-33(23)2/h3-13,15H,14H2,2H3,(H,29,31). The summed E-state index contributed by atoms with van der Waals surface area (Å²) >= 11 is 0. The van der Waals surface area contributed by atoms with E-state index in [1.165, 1.54) is 12.1 Å². The van der Waals surface area contributed by atoms with Crippen LogP contribution in [0.25, 0.3) is 49.0 Å². The SMILES string of the molecule is [C-]#[N+]c1ccc(-c2c(-c3ccc4c(cnn4C)c3)ncc3c2ccn3Cc2cnc[nH]2)cc1F. The van der Waals surface area contributed by atoms with E-state index in [1.807, 2.05) is 54.6 Å². The molecule has 0 aliphatic heterocycles. The van der Waals surface area contributed by atoms with Crippen molar-refractivity contribution in [2.24, 2.45) is 7.05 Å². The smallest absolute Gasteiger partial charge is 0.222 e. The second-order valence-electron chi connectivity index (χ2n) is 8.12. The zero-order valence-corrected chi connectivity index (χ0v) is 18.2. The van der Waals surface area contributed by atoms with Gasteiger partial charge in [0.25, 0.3) is 0 Å². The molecule has 7 nitrogen and oxygen atoms in total. The molecule has 0 bridgehead atoms. The first kappa shape index (κ1) is 19.9. The number of hydrogen-bond acceptors (Lipinski definition) is 3. The third-order valence-corrected chi connectivity index (χ3v) is 6.10. The Labute approximate surface area is 194 Å². The van der Waals surface area contributed by atoms with Gasteiger partial charge in [0.05, 0.1) is 54.3 Å². The van der Waals surface area contributed by atoms with Gasteiger partial charge in [-0.3, -0.25) is 9.67 Å². The quantitative estimate of drug-likeness (QED) is 0.352. The van der Waals surface area contributed by atoms with Gasteiger partial charge in [-0.2, -0.15) is 5.10 Å². The number of rotatable bonds is 4. The van der Waals surface area contributed by atoms with Gasteiger partial charge >= 0.3 is 0 Å². The number of imidazole rings is 1. The van der Waals surface area contributed by atoms with E-state index in [9.17, 15) is 4.39 Å². The molecule has 0 fully saturated rings. The summed E-state index contributed by atoms with van der Waals surface area (Å²) in [4.78, 5) is 15.3. The lowest BCUT2D eigenvalue weighted by Gasteiger charge is -2.13. The fourth-order valence-corrected chi connectivity index (χ4v) is 4.43. The number of aromatic amines is 1. The van der Waals surface area contributed by atoms with Gasteiger partial charge in [0.15, 0.2) is 0 Å². The van der Waals surface area contributed by atoms with Crippen molar-refractivity contribution < 1.29 is 4.39 Å². The molecule has 4 aromatic heterocycles. The van der Waals surface area contributed by atoms with Crippen molar-refractivity contribution >= 4 is 27.5 Å². The number of pyridine rings is 1. The molecule has 4 heterocycles. The van der Waals surface area contributed by atoms with Crippen molar-refractivity contribution in [2.75, 3.05) is 0 Å². The number of nitrogens with one attached hydrogen (secondary N) is 1. The largest absolute Gasteiger partial charge is 0.347 e. The highest BCUT2D eigenvalue weighted by molar-refractivity contribution is 6.02. The number of hydrogen-bond donors (Lipinski definition) is 1. The van der Waals surface area contributed by atoms with Crippen LogP contribution < -0.4 is 0 Å². The lowest BCUT2D eigenvalue weighted by atomic mass is 9.95. The van der Waals surface area contributed by atoms with Crippen LogP contribution in [0.1, 0.15) is 5.69 Å². The van der Waals surface area contributed by atoms with Gasteiger partial charge in [-0.05, 0) is 29.8 Å². The molecule has 0 saturated carbocycles. The number of halogens is 1. The lowest BCUT2D eigenvalue weighted by molar-refractivity contribution is 0.634. The average Bonchev–Trinajstić information content (AvgIpc) is 3.60. The zero-order chi connectivity index (χ0) is 23.2. The fraction of sp³-hybridized carbons (Fsp3) is 0.0769. The highest BCUT2D eigenvalue weighted by Crippen LogP contribution is 2.39. The Kier molecular flexibility index (Phi) is 4.49. The molecule has 6 aromatic rings. The average molecular weight is 447 g/mol. The van der Waals surface area contributed by atoms with E-state index in [0.29, 0.717) is 12.1 Å². The predicted molar refractivity (Wildman–Crippen MR) is 129 cm³/mol. The Morgan fingerprint density at radius 3 is 2.71 bits per heavy atom. The Morgan fingerprint density at radius 1 is 1.03 bits per heavy atom. The highest BCUT2D eigenvalue weighted by atomic mass is 19.1. The summed E-state index contributed by atoms with van der Waals surface area (Å²) < 4.78 is 18.6. The maximum Gasteiger partial charge on any atom is 0.222 e. The molecule has 34 heavy (non-hydrogen) atoms. The molecular formula is C26H18FN7. The van der Waals surface area contributed by atoms with Crippen LogP contribution in [0.2, 0.25) is 0 Å². The molecule has 2 aromatic carbocycles. The van der Waals surface area contributed by atoms with Crippen LogP contribution >= 0.6 is 0 Å².